The first kappa shape index (κ1) is 16.0. The average molecular weight is 271 g/mol. The summed E-state index contributed by atoms with van der Waals surface area (Å²) in [6, 6.07) is -0.771. The third-order valence-electron chi connectivity index (χ3n) is 3.92. The van der Waals surface area contributed by atoms with Crippen molar-refractivity contribution in [2.24, 2.45) is 11.8 Å². The molecule has 0 saturated carbocycles. The van der Waals surface area contributed by atoms with Crippen LogP contribution in [0.1, 0.15) is 46.0 Å². The average Bonchev–Trinajstić information content (AvgIpc) is 2.42. The number of carbonyl (C=O) groups is 2. The molecule has 1 aliphatic heterocycles. The van der Waals surface area contributed by atoms with Crippen molar-refractivity contribution in [2.45, 2.75) is 52.0 Å². The maximum Gasteiger partial charge on any atom is 0.326 e. The lowest BCUT2D eigenvalue weighted by atomic mass is 9.94. The Bertz CT molecular complexity index is 300. The second kappa shape index (κ2) is 8.15. The van der Waals surface area contributed by atoms with Crippen LogP contribution in [0.15, 0.2) is 0 Å². The van der Waals surface area contributed by atoms with Crippen molar-refractivity contribution < 1.29 is 19.4 Å². The molecule has 5 heteroatoms. The molecule has 0 bridgehead atoms. The van der Waals surface area contributed by atoms with Crippen molar-refractivity contribution >= 4 is 11.9 Å². The predicted octanol–water partition coefficient (Wildman–Crippen LogP) is 1.81. The van der Waals surface area contributed by atoms with Gasteiger partial charge in [0.2, 0.25) is 5.91 Å². The van der Waals surface area contributed by atoms with Gasteiger partial charge in [0, 0.05) is 19.6 Å². The fourth-order valence-electron chi connectivity index (χ4n) is 2.30. The van der Waals surface area contributed by atoms with Crippen LogP contribution in [0.2, 0.25) is 0 Å². The Kier molecular flexibility index (Phi) is 6.84. The predicted molar refractivity (Wildman–Crippen MR) is 71.8 cm³/mol. The molecule has 19 heavy (non-hydrogen) atoms. The highest BCUT2D eigenvalue weighted by Crippen LogP contribution is 2.20. The van der Waals surface area contributed by atoms with Gasteiger partial charge in [-0.3, -0.25) is 4.79 Å². The molecule has 2 atom stereocenters. The molecule has 1 heterocycles. The van der Waals surface area contributed by atoms with Crippen LogP contribution >= 0.6 is 0 Å². The van der Waals surface area contributed by atoms with Gasteiger partial charge in [0.1, 0.15) is 6.04 Å². The summed E-state index contributed by atoms with van der Waals surface area (Å²) in [7, 11) is 0. The fraction of sp³-hybridized carbons (Fsp3) is 0.857. The minimum absolute atomic E-state index is 0.0514. The van der Waals surface area contributed by atoms with Gasteiger partial charge in [0.05, 0.1) is 0 Å². The maximum absolute atomic E-state index is 11.8. The lowest BCUT2D eigenvalue weighted by molar-refractivity contribution is -0.143. The molecule has 0 radical (unpaired) electrons. The fourth-order valence-corrected chi connectivity index (χ4v) is 2.30. The van der Waals surface area contributed by atoms with E-state index in [4.69, 9.17) is 9.84 Å². The molecule has 1 rings (SSSR count). The maximum atomic E-state index is 11.8. The van der Waals surface area contributed by atoms with Crippen molar-refractivity contribution in [3.05, 3.63) is 0 Å². The lowest BCUT2D eigenvalue weighted by Crippen LogP contribution is -2.45. The smallest absolute Gasteiger partial charge is 0.326 e. The number of hydrogen-bond donors (Lipinski definition) is 2. The lowest BCUT2D eigenvalue weighted by Gasteiger charge is -2.23. The molecule has 1 amide bonds. The highest BCUT2D eigenvalue weighted by molar-refractivity contribution is 5.83. The van der Waals surface area contributed by atoms with Crippen LogP contribution in [-0.4, -0.2) is 36.2 Å². The molecule has 0 aliphatic carbocycles. The number of aliphatic carboxylic acids is 1. The van der Waals surface area contributed by atoms with Gasteiger partial charge in [0.25, 0.3) is 0 Å². The first-order valence-corrected chi connectivity index (χ1v) is 7.14. The van der Waals surface area contributed by atoms with Crippen LogP contribution in [0, 0.1) is 11.8 Å². The third-order valence-corrected chi connectivity index (χ3v) is 3.92. The molecule has 0 aromatic carbocycles. The Labute approximate surface area is 114 Å². The van der Waals surface area contributed by atoms with Gasteiger partial charge in [0.15, 0.2) is 0 Å². The van der Waals surface area contributed by atoms with E-state index in [1.165, 1.54) is 0 Å². The van der Waals surface area contributed by atoms with Crippen LogP contribution in [-0.2, 0) is 14.3 Å². The van der Waals surface area contributed by atoms with Gasteiger partial charge in [-0.25, -0.2) is 4.79 Å². The molecule has 1 saturated heterocycles. The van der Waals surface area contributed by atoms with Gasteiger partial charge in [-0.05, 0) is 31.1 Å². The van der Waals surface area contributed by atoms with E-state index in [-0.39, 0.29) is 11.8 Å². The van der Waals surface area contributed by atoms with E-state index in [1.54, 1.807) is 0 Å². The zero-order chi connectivity index (χ0) is 14.3. The normalized spacial score (nSPS) is 19.7. The molecule has 0 aromatic heterocycles. The largest absolute Gasteiger partial charge is 0.480 e. The van der Waals surface area contributed by atoms with Gasteiger partial charge in [-0.2, -0.15) is 0 Å². The number of nitrogens with one attached hydrogen (secondary N) is 1. The van der Waals surface area contributed by atoms with Crippen molar-refractivity contribution in [3.8, 4) is 0 Å². The van der Waals surface area contributed by atoms with Crippen molar-refractivity contribution in [2.75, 3.05) is 13.2 Å². The number of hydrogen-bond acceptors (Lipinski definition) is 3. The van der Waals surface area contributed by atoms with E-state index in [9.17, 15) is 9.59 Å². The van der Waals surface area contributed by atoms with Crippen LogP contribution in [0.25, 0.3) is 0 Å². The molecule has 1 fully saturated rings. The summed E-state index contributed by atoms with van der Waals surface area (Å²) in [5, 5.41) is 11.7. The summed E-state index contributed by atoms with van der Waals surface area (Å²) >= 11 is 0. The molecular formula is C14H25NO4. The van der Waals surface area contributed by atoms with Crippen LogP contribution in [0.4, 0.5) is 0 Å². The standard InChI is InChI=1S/C14H25NO4/c1-3-10(2)13(14(17)18)15-12(16)5-4-11-6-8-19-9-7-11/h10-11,13H,3-9H2,1-2H3,(H,15,16)(H,17,18)/t10-,13-/m0/s1. The van der Waals surface area contributed by atoms with E-state index in [0.717, 1.165) is 38.9 Å². The quantitative estimate of drug-likeness (QED) is 0.740. The minimum Gasteiger partial charge on any atom is -0.480 e. The van der Waals surface area contributed by atoms with Gasteiger partial charge >= 0.3 is 5.97 Å². The molecule has 0 unspecified atom stereocenters. The number of amides is 1. The first-order valence-electron chi connectivity index (χ1n) is 7.14. The molecule has 110 valence electrons. The number of carboxylic acid groups (broad SMARTS) is 1. The zero-order valence-electron chi connectivity index (χ0n) is 11.9. The first-order chi connectivity index (χ1) is 9.04. The Morgan fingerprint density at radius 3 is 2.53 bits per heavy atom. The third kappa shape index (κ3) is 5.59. The van der Waals surface area contributed by atoms with Gasteiger partial charge in [-0.15, -0.1) is 0 Å². The van der Waals surface area contributed by atoms with E-state index in [2.05, 4.69) is 5.32 Å². The summed E-state index contributed by atoms with van der Waals surface area (Å²) in [5.41, 5.74) is 0. The van der Waals surface area contributed by atoms with Crippen molar-refractivity contribution in [3.63, 3.8) is 0 Å². The Balaban J connectivity index is 2.33. The summed E-state index contributed by atoms with van der Waals surface area (Å²) < 4.78 is 5.27. The zero-order valence-corrected chi connectivity index (χ0v) is 11.9. The highest BCUT2D eigenvalue weighted by Gasteiger charge is 2.25. The van der Waals surface area contributed by atoms with E-state index in [0.29, 0.717) is 12.3 Å². The monoisotopic (exact) mass is 271 g/mol. The second-order valence-electron chi connectivity index (χ2n) is 5.36. The van der Waals surface area contributed by atoms with Crippen molar-refractivity contribution in [1.82, 2.24) is 5.32 Å². The van der Waals surface area contributed by atoms with Crippen LogP contribution < -0.4 is 5.32 Å². The summed E-state index contributed by atoms with van der Waals surface area (Å²) in [6.45, 7) is 5.32. The molecule has 2 N–H and O–H groups in total. The summed E-state index contributed by atoms with van der Waals surface area (Å²) in [4.78, 5) is 22.9. The van der Waals surface area contributed by atoms with Gasteiger partial charge in [-0.1, -0.05) is 20.3 Å². The summed E-state index contributed by atoms with van der Waals surface area (Å²) in [6.07, 6.45) is 3.96. The topological polar surface area (TPSA) is 75.6 Å². The van der Waals surface area contributed by atoms with E-state index >= 15 is 0 Å². The SMILES string of the molecule is CC[C@H](C)[C@H](NC(=O)CCC1CCOCC1)C(=O)O. The number of rotatable bonds is 7. The van der Waals surface area contributed by atoms with Gasteiger partial charge < -0.3 is 15.2 Å². The summed E-state index contributed by atoms with van der Waals surface area (Å²) in [5.74, 6) is -0.621. The number of carboxylic acids is 1. The number of carbonyl (C=O) groups excluding carboxylic acids is 1. The van der Waals surface area contributed by atoms with Crippen molar-refractivity contribution in [1.29, 1.82) is 0 Å². The molecule has 0 spiro atoms. The van der Waals surface area contributed by atoms with Crippen LogP contribution in [0.5, 0.6) is 0 Å². The number of ether oxygens (including phenoxy) is 1. The highest BCUT2D eigenvalue weighted by atomic mass is 16.5. The molecular weight excluding hydrogens is 246 g/mol. The van der Waals surface area contributed by atoms with E-state index < -0.39 is 12.0 Å². The molecule has 0 aromatic rings. The van der Waals surface area contributed by atoms with E-state index in [1.807, 2.05) is 13.8 Å². The Morgan fingerprint density at radius 2 is 2.00 bits per heavy atom. The minimum atomic E-state index is -0.950. The molecule has 1 aliphatic rings. The second-order valence-corrected chi connectivity index (χ2v) is 5.36. The Hall–Kier alpha value is -1.10. The molecule has 5 nitrogen and oxygen atoms in total. The Morgan fingerprint density at radius 1 is 1.37 bits per heavy atom. The van der Waals surface area contributed by atoms with Crippen LogP contribution in [0.3, 0.4) is 0 Å².